The van der Waals surface area contributed by atoms with Crippen molar-refractivity contribution in [3.8, 4) is 17.1 Å². The molecule has 0 spiro atoms. The van der Waals surface area contributed by atoms with E-state index >= 15 is 0 Å². The van der Waals surface area contributed by atoms with Gasteiger partial charge < -0.3 is 10.1 Å². The first-order chi connectivity index (χ1) is 14.3. The normalized spacial score (nSPS) is 16.1. The molecule has 1 N–H and O–H groups in total. The fourth-order valence-electron chi connectivity index (χ4n) is 3.41. The quantitative estimate of drug-likeness (QED) is 0.701. The highest BCUT2D eigenvalue weighted by molar-refractivity contribution is 5.94. The summed E-state index contributed by atoms with van der Waals surface area (Å²) in [5.74, 6) is -0.152. The van der Waals surface area contributed by atoms with Gasteiger partial charge in [0, 0.05) is 36.8 Å². The van der Waals surface area contributed by atoms with E-state index in [0.29, 0.717) is 30.7 Å². The SMILES string of the molecule is COc1cc(-c2cc3n(n2)CCC[C@@H]3NC(=O)c2cncc(C(F)(F)F)c2)ccn1. The summed E-state index contributed by atoms with van der Waals surface area (Å²) in [5.41, 5.74) is 1.21. The Morgan fingerprint density at radius 2 is 2.10 bits per heavy atom. The number of nitrogens with zero attached hydrogens (tertiary/aromatic N) is 4. The predicted molar refractivity (Wildman–Crippen MR) is 101 cm³/mol. The zero-order valence-corrected chi connectivity index (χ0v) is 16.0. The molecule has 0 fully saturated rings. The number of nitrogens with one attached hydrogen (secondary N) is 1. The third-order valence-corrected chi connectivity index (χ3v) is 4.90. The summed E-state index contributed by atoms with van der Waals surface area (Å²) >= 11 is 0. The Morgan fingerprint density at radius 3 is 2.87 bits per heavy atom. The Kier molecular flexibility index (Phi) is 5.15. The molecule has 4 heterocycles. The number of aryl methyl sites for hydroxylation is 1. The van der Waals surface area contributed by atoms with Gasteiger partial charge in [0.2, 0.25) is 5.88 Å². The van der Waals surface area contributed by atoms with Gasteiger partial charge in [-0.2, -0.15) is 18.3 Å². The van der Waals surface area contributed by atoms with Gasteiger partial charge in [-0.25, -0.2) is 4.98 Å². The van der Waals surface area contributed by atoms with Gasteiger partial charge >= 0.3 is 6.18 Å². The number of hydrogen-bond donors (Lipinski definition) is 1. The molecule has 3 aromatic rings. The number of rotatable bonds is 4. The van der Waals surface area contributed by atoms with Crippen molar-refractivity contribution >= 4 is 5.91 Å². The lowest BCUT2D eigenvalue weighted by molar-refractivity contribution is -0.137. The zero-order valence-electron chi connectivity index (χ0n) is 16.0. The largest absolute Gasteiger partial charge is 0.481 e. The van der Waals surface area contributed by atoms with Crippen molar-refractivity contribution in [2.75, 3.05) is 7.11 Å². The first-order valence-electron chi connectivity index (χ1n) is 9.26. The number of hydrogen-bond acceptors (Lipinski definition) is 5. The molecule has 1 aliphatic rings. The maximum Gasteiger partial charge on any atom is 0.417 e. The summed E-state index contributed by atoms with van der Waals surface area (Å²) in [5, 5.41) is 7.41. The van der Waals surface area contributed by atoms with E-state index < -0.39 is 17.6 Å². The average molecular weight is 417 g/mol. The van der Waals surface area contributed by atoms with Gasteiger partial charge in [0.25, 0.3) is 5.91 Å². The maximum absolute atomic E-state index is 12.9. The third-order valence-electron chi connectivity index (χ3n) is 4.90. The third kappa shape index (κ3) is 3.98. The summed E-state index contributed by atoms with van der Waals surface area (Å²) in [7, 11) is 1.53. The van der Waals surface area contributed by atoms with Crippen LogP contribution in [0.4, 0.5) is 13.2 Å². The van der Waals surface area contributed by atoms with Crippen molar-refractivity contribution in [2.24, 2.45) is 0 Å². The van der Waals surface area contributed by atoms with Crippen LogP contribution in [0.1, 0.15) is 40.5 Å². The minimum absolute atomic E-state index is 0.138. The first kappa shape index (κ1) is 19.9. The van der Waals surface area contributed by atoms with Crippen molar-refractivity contribution in [1.82, 2.24) is 25.1 Å². The standard InChI is InChI=1S/C20H18F3N5O2/c1-30-18-8-12(4-5-25-18)16-9-17-15(3-2-6-28(17)27-16)26-19(29)13-7-14(11-24-10-13)20(21,22)23/h4-5,7-11,15H,2-3,6H2,1H3,(H,26,29)/t15-/m0/s1. The van der Waals surface area contributed by atoms with Gasteiger partial charge in [0.1, 0.15) is 0 Å². The second-order valence-electron chi connectivity index (χ2n) is 6.89. The lowest BCUT2D eigenvalue weighted by Crippen LogP contribution is -2.33. The van der Waals surface area contributed by atoms with Crippen molar-refractivity contribution in [2.45, 2.75) is 31.6 Å². The number of alkyl halides is 3. The molecule has 0 saturated heterocycles. The van der Waals surface area contributed by atoms with E-state index in [2.05, 4.69) is 20.4 Å². The fourth-order valence-corrected chi connectivity index (χ4v) is 3.41. The van der Waals surface area contributed by atoms with Crippen LogP contribution in [0.2, 0.25) is 0 Å². The van der Waals surface area contributed by atoms with E-state index in [0.717, 1.165) is 29.9 Å². The molecule has 0 aromatic carbocycles. The molecule has 30 heavy (non-hydrogen) atoms. The molecule has 7 nitrogen and oxygen atoms in total. The summed E-state index contributed by atoms with van der Waals surface area (Å²) < 4.78 is 45.7. The molecule has 156 valence electrons. The number of amides is 1. The fraction of sp³-hybridized carbons (Fsp3) is 0.300. The second-order valence-corrected chi connectivity index (χ2v) is 6.89. The molecule has 1 aliphatic heterocycles. The topological polar surface area (TPSA) is 81.9 Å². The minimum atomic E-state index is -4.56. The number of halogens is 3. The Morgan fingerprint density at radius 1 is 1.27 bits per heavy atom. The number of methoxy groups -OCH3 is 1. The predicted octanol–water partition coefficient (Wildman–Crippen LogP) is 3.63. The van der Waals surface area contributed by atoms with Crippen molar-refractivity contribution in [3.63, 3.8) is 0 Å². The summed E-state index contributed by atoms with van der Waals surface area (Å²) in [6.07, 6.45) is 0.309. The van der Waals surface area contributed by atoms with Crippen LogP contribution in [0, 0.1) is 0 Å². The van der Waals surface area contributed by atoms with Gasteiger partial charge in [-0.1, -0.05) is 0 Å². The molecule has 0 saturated carbocycles. The molecule has 10 heteroatoms. The Balaban J connectivity index is 1.58. The number of ether oxygens (including phenoxy) is 1. The first-order valence-corrected chi connectivity index (χ1v) is 9.26. The van der Waals surface area contributed by atoms with Crippen molar-refractivity contribution < 1.29 is 22.7 Å². The van der Waals surface area contributed by atoms with Crippen LogP contribution in [0.25, 0.3) is 11.3 Å². The molecule has 1 atom stereocenters. The van der Waals surface area contributed by atoms with Crippen LogP contribution in [-0.2, 0) is 12.7 Å². The van der Waals surface area contributed by atoms with Crippen LogP contribution in [0.15, 0.2) is 42.9 Å². The number of aromatic nitrogens is 4. The molecular weight excluding hydrogens is 399 g/mol. The van der Waals surface area contributed by atoms with Gasteiger partial charge in [0.05, 0.1) is 35.7 Å². The van der Waals surface area contributed by atoms with Gasteiger partial charge in [0.15, 0.2) is 0 Å². The van der Waals surface area contributed by atoms with Gasteiger partial charge in [-0.05, 0) is 31.0 Å². The zero-order chi connectivity index (χ0) is 21.3. The highest BCUT2D eigenvalue weighted by Crippen LogP contribution is 2.31. The van der Waals surface area contributed by atoms with Crippen LogP contribution >= 0.6 is 0 Å². The van der Waals surface area contributed by atoms with Crippen LogP contribution in [0.3, 0.4) is 0 Å². The second kappa shape index (κ2) is 7.77. The van der Waals surface area contributed by atoms with E-state index in [-0.39, 0.29) is 11.6 Å². The Bertz CT molecular complexity index is 1080. The van der Waals surface area contributed by atoms with E-state index in [1.54, 1.807) is 23.0 Å². The average Bonchev–Trinajstić information content (AvgIpc) is 3.19. The molecule has 4 rings (SSSR count). The molecule has 0 aliphatic carbocycles. The highest BCUT2D eigenvalue weighted by atomic mass is 19.4. The van der Waals surface area contributed by atoms with Gasteiger partial charge in [-0.15, -0.1) is 0 Å². The van der Waals surface area contributed by atoms with Crippen molar-refractivity contribution in [1.29, 1.82) is 0 Å². The maximum atomic E-state index is 12.9. The molecule has 0 bridgehead atoms. The molecular formula is C20H18F3N5O2. The minimum Gasteiger partial charge on any atom is -0.481 e. The van der Waals surface area contributed by atoms with Crippen LogP contribution in [-0.4, -0.2) is 32.8 Å². The van der Waals surface area contributed by atoms with E-state index in [1.807, 2.05) is 6.07 Å². The Hall–Kier alpha value is -3.43. The summed E-state index contributed by atoms with van der Waals surface area (Å²) in [4.78, 5) is 20.2. The number of carbonyl (C=O) groups is 1. The number of fused-ring (bicyclic) bond motifs is 1. The monoisotopic (exact) mass is 417 g/mol. The molecule has 3 aromatic heterocycles. The number of pyridine rings is 2. The summed E-state index contributed by atoms with van der Waals surface area (Å²) in [6, 6.07) is 5.86. The van der Waals surface area contributed by atoms with Crippen LogP contribution < -0.4 is 10.1 Å². The lowest BCUT2D eigenvalue weighted by atomic mass is 10.0. The summed E-state index contributed by atoms with van der Waals surface area (Å²) in [6.45, 7) is 0.690. The van der Waals surface area contributed by atoms with Crippen molar-refractivity contribution in [3.05, 3.63) is 59.7 Å². The van der Waals surface area contributed by atoms with E-state index in [1.165, 1.54) is 7.11 Å². The number of carbonyl (C=O) groups excluding carboxylic acids is 1. The molecule has 0 unspecified atom stereocenters. The van der Waals surface area contributed by atoms with Crippen LogP contribution in [0.5, 0.6) is 5.88 Å². The van der Waals surface area contributed by atoms with E-state index in [4.69, 9.17) is 4.74 Å². The van der Waals surface area contributed by atoms with E-state index in [9.17, 15) is 18.0 Å². The molecule has 1 amide bonds. The molecule has 0 radical (unpaired) electrons. The Labute approximate surface area is 169 Å². The van der Waals surface area contributed by atoms with Gasteiger partial charge in [-0.3, -0.25) is 14.5 Å². The highest BCUT2D eigenvalue weighted by Gasteiger charge is 2.32. The lowest BCUT2D eigenvalue weighted by Gasteiger charge is -2.24. The smallest absolute Gasteiger partial charge is 0.417 e.